The van der Waals surface area contributed by atoms with Gasteiger partial charge in [-0.25, -0.2) is 0 Å². The summed E-state index contributed by atoms with van der Waals surface area (Å²) >= 11 is 5.46. The Kier molecular flexibility index (Phi) is 7.39. The third-order valence-electron chi connectivity index (χ3n) is 5.60. The SMILES string of the molecule is O=Cc1ccc(SCCCCC2(c3ccccc3)CCCCC2)c(Br)c1. The summed E-state index contributed by atoms with van der Waals surface area (Å²) in [4.78, 5) is 12.1. The lowest BCUT2D eigenvalue weighted by atomic mass is 9.67. The molecular weight excluding hydrogens is 404 g/mol. The largest absolute Gasteiger partial charge is 0.298 e. The van der Waals surface area contributed by atoms with Crippen LogP contribution in [0.5, 0.6) is 0 Å². The second-order valence-electron chi connectivity index (χ2n) is 7.32. The number of halogens is 1. The van der Waals surface area contributed by atoms with Crippen LogP contribution in [0.2, 0.25) is 0 Å². The third-order valence-corrected chi connectivity index (χ3v) is 7.67. The van der Waals surface area contributed by atoms with Gasteiger partial charge >= 0.3 is 0 Å². The first kappa shape index (κ1) is 19.7. The topological polar surface area (TPSA) is 17.1 Å². The van der Waals surface area contributed by atoms with Crippen molar-refractivity contribution >= 4 is 34.0 Å². The van der Waals surface area contributed by atoms with Gasteiger partial charge in [-0.2, -0.15) is 0 Å². The Morgan fingerprint density at radius 2 is 1.77 bits per heavy atom. The van der Waals surface area contributed by atoms with Crippen LogP contribution in [0.3, 0.4) is 0 Å². The van der Waals surface area contributed by atoms with E-state index in [1.54, 1.807) is 5.56 Å². The molecular formula is C23H27BrOS. The molecule has 1 saturated carbocycles. The summed E-state index contributed by atoms with van der Waals surface area (Å²) in [5.74, 6) is 1.13. The van der Waals surface area contributed by atoms with Crippen LogP contribution in [0.25, 0.3) is 0 Å². The summed E-state index contributed by atoms with van der Waals surface area (Å²) in [6.45, 7) is 0. The highest BCUT2D eigenvalue weighted by Crippen LogP contribution is 2.43. The van der Waals surface area contributed by atoms with Gasteiger partial charge in [0.2, 0.25) is 0 Å². The van der Waals surface area contributed by atoms with Crippen molar-refractivity contribution in [3.8, 4) is 0 Å². The third kappa shape index (κ3) is 5.01. The number of thioether (sulfide) groups is 1. The summed E-state index contributed by atoms with van der Waals surface area (Å²) in [5, 5.41) is 0. The van der Waals surface area contributed by atoms with Crippen molar-refractivity contribution in [1.29, 1.82) is 0 Å². The summed E-state index contributed by atoms with van der Waals surface area (Å²) in [6.07, 6.45) is 11.6. The Morgan fingerprint density at radius 3 is 2.46 bits per heavy atom. The van der Waals surface area contributed by atoms with E-state index in [-0.39, 0.29) is 0 Å². The molecule has 26 heavy (non-hydrogen) atoms. The monoisotopic (exact) mass is 430 g/mol. The highest BCUT2D eigenvalue weighted by molar-refractivity contribution is 9.10. The predicted octanol–water partition coefficient (Wildman–Crippen LogP) is 7.43. The van der Waals surface area contributed by atoms with Crippen LogP contribution >= 0.6 is 27.7 Å². The van der Waals surface area contributed by atoms with Gasteiger partial charge in [-0.3, -0.25) is 4.79 Å². The van der Waals surface area contributed by atoms with Crippen LogP contribution in [0.15, 0.2) is 57.9 Å². The van der Waals surface area contributed by atoms with E-state index in [1.165, 1.54) is 56.3 Å². The first-order chi connectivity index (χ1) is 12.7. The van der Waals surface area contributed by atoms with Crippen LogP contribution in [0, 0.1) is 0 Å². The molecule has 0 radical (unpaired) electrons. The number of unbranched alkanes of at least 4 members (excludes halogenated alkanes) is 1. The van der Waals surface area contributed by atoms with Gasteiger partial charge in [0.05, 0.1) is 0 Å². The molecule has 1 fully saturated rings. The molecule has 2 aromatic carbocycles. The van der Waals surface area contributed by atoms with Gasteiger partial charge in [0, 0.05) is 14.9 Å². The summed E-state index contributed by atoms with van der Waals surface area (Å²) < 4.78 is 1.03. The molecule has 0 spiro atoms. The van der Waals surface area contributed by atoms with Crippen molar-refractivity contribution in [1.82, 2.24) is 0 Å². The molecule has 0 aliphatic heterocycles. The van der Waals surface area contributed by atoms with Crippen LogP contribution < -0.4 is 0 Å². The van der Waals surface area contributed by atoms with E-state index in [0.29, 0.717) is 5.41 Å². The van der Waals surface area contributed by atoms with Gasteiger partial charge in [0.25, 0.3) is 0 Å². The van der Waals surface area contributed by atoms with Crippen molar-refractivity contribution in [2.45, 2.75) is 61.7 Å². The van der Waals surface area contributed by atoms with Crippen molar-refractivity contribution < 1.29 is 4.79 Å². The quantitative estimate of drug-likeness (QED) is 0.246. The fourth-order valence-electron chi connectivity index (χ4n) is 4.16. The van der Waals surface area contributed by atoms with Gasteiger partial charge in [-0.15, -0.1) is 11.8 Å². The summed E-state index contributed by atoms with van der Waals surface area (Å²) in [6, 6.07) is 17.0. The van der Waals surface area contributed by atoms with Crippen molar-refractivity contribution in [2.24, 2.45) is 0 Å². The van der Waals surface area contributed by atoms with Gasteiger partial charge in [0.1, 0.15) is 6.29 Å². The molecule has 3 rings (SSSR count). The van der Waals surface area contributed by atoms with Crippen LogP contribution in [0.4, 0.5) is 0 Å². The second-order valence-corrected chi connectivity index (χ2v) is 9.31. The van der Waals surface area contributed by atoms with E-state index in [9.17, 15) is 4.79 Å². The minimum atomic E-state index is 0.413. The van der Waals surface area contributed by atoms with E-state index in [0.717, 1.165) is 22.1 Å². The van der Waals surface area contributed by atoms with Gasteiger partial charge in [0.15, 0.2) is 0 Å². The number of hydrogen-bond donors (Lipinski definition) is 0. The maximum absolute atomic E-state index is 10.8. The molecule has 0 saturated heterocycles. The van der Waals surface area contributed by atoms with Crippen LogP contribution in [-0.2, 0) is 5.41 Å². The standard InChI is InChI=1S/C23H27BrOS/c24-21-17-19(18-25)11-12-22(21)26-16-8-7-15-23(13-5-2-6-14-23)20-9-3-1-4-10-20/h1,3-4,9-12,17-18H,2,5-8,13-16H2. The highest BCUT2D eigenvalue weighted by Gasteiger charge is 2.32. The number of rotatable bonds is 8. The van der Waals surface area contributed by atoms with E-state index in [4.69, 9.17) is 0 Å². The number of benzene rings is 2. The van der Waals surface area contributed by atoms with E-state index in [2.05, 4.69) is 46.3 Å². The lowest BCUT2D eigenvalue weighted by Gasteiger charge is -2.38. The highest BCUT2D eigenvalue weighted by atomic mass is 79.9. The van der Waals surface area contributed by atoms with E-state index >= 15 is 0 Å². The molecule has 0 bridgehead atoms. The minimum absolute atomic E-state index is 0.413. The van der Waals surface area contributed by atoms with Gasteiger partial charge < -0.3 is 0 Å². The lowest BCUT2D eigenvalue weighted by Crippen LogP contribution is -2.29. The number of carbonyl (C=O) groups excluding carboxylic acids is 1. The average molecular weight is 431 g/mol. The molecule has 1 aliphatic rings. The number of hydrogen-bond acceptors (Lipinski definition) is 2. The van der Waals surface area contributed by atoms with Crippen LogP contribution in [-0.4, -0.2) is 12.0 Å². The molecule has 2 aromatic rings. The van der Waals surface area contributed by atoms with Crippen molar-refractivity contribution in [3.63, 3.8) is 0 Å². The smallest absolute Gasteiger partial charge is 0.150 e. The molecule has 0 amide bonds. The summed E-state index contributed by atoms with van der Waals surface area (Å²) in [5.41, 5.74) is 2.69. The maximum atomic E-state index is 10.8. The molecule has 0 N–H and O–H groups in total. The molecule has 138 valence electrons. The molecule has 1 nitrogen and oxygen atoms in total. The molecule has 0 unspecified atom stereocenters. The predicted molar refractivity (Wildman–Crippen MR) is 115 cm³/mol. The second kappa shape index (κ2) is 9.75. The zero-order valence-electron chi connectivity index (χ0n) is 15.3. The Balaban J connectivity index is 1.52. The molecule has 3 heteroatoms. The lowest BCUT2D eigenvalue weighted by molar-refractivity contribution is 0.112. The normalized spacial score (nSPS) is 16.3. The molecule has 0 heterocycles. The Morgan fingerprint density at radius 1 is 1.00 bits per heavy atom. The zero-order valence-corrected chi connectivity index (χ0v) is 17.7. The van der Waals surface area contributed by atoms with Crippen LogP contribution in [0.1, 0.15) is 67.3 Å². The molecule has 0 aromatic heterocycles. The maximum Gasteiger partial charge on any atom is 0.150 e. The zero-order chi connectivity index (χ0) is 18.2. The van der Waals surface area contributed by atoms with Gasteiger partial charge in [-0.1, -0.05) is 62.1 Å². The van der Waals surface area contributed by atoms with Gasteiger partial charge in [-0.05, 0) is 70.5 Å². The molecule has 0 atom stereocenters. The van der Waals surface area contributed by atoms with E-state index < -0.39 is 0 Å². The Bertz CT molecular complexity index is 707. The first-order valence-corrected chi connectivity index (χ1v) is 11.4. The van der Waals surface area contributed by atoms with Crippen molar-refractivity contribution in [2.75, 3.05) is 5.75 Å². The number of carbonyl (C=O) groups is 1. The van der Waals surface area contributed by atoms with E-state index in [1.807, 2.05) is 30.0 Å². The Labute approximate surface area is 170 Å². The Hall–Kier alpha value is -1.06. The fourth-order valence-corrected chi connectivity index (χ4v) is 5.83. The molecule has 1 aliphatic carbocycles. The average Bonchev–Trinajstić information content (AvgIpc) is 2.70. The minimum Gasteiger partial charge on any atom is -0.298 e. The number of aldehydes is 1. The summed E-state index contributed by atoms with van der Waals surface area (Å²) in [7, 11) is 0. The fraction of sp³-hybridized carbons (Fsp3) is 0.435. The first-order valence-electron chi connectivity index (χ1n) is 9.67. The van der Waals surface area contributed by atoms with Crippen molar-refractivity contribution in [3.05, 3.63) is 64.1 Å².